The van der Waals surface area contributed by atoms with Crippen molar-refractivity contribution in [3.8, 4) is 23.0 Å². The Kier molecular flexibility index (Phi) is 8.28. The summed E-state index contributed by atoms with van der Waals surface area (Å²) >= 11 is 0. The number of fused-ring (bicyclic) bond motifs is 1. The average molecular weight is 492 g/mol. The van der Waals surface area contributed by atoms with E-state index in [4.69, 9.17) is 18.9 Å². The van der Waals surface area contributed by atoms with Crippen LogP contribution in [0, 0.1) is 0 Å². The summed E-state index contributed by atoms with van der Waals surface area (Å²) in [6.07, 6.45) is 3.19. The van der Waals surface area contributed by atoms with Crippen LogP contribution in [0.5, 0.6) is 23.0 Å². The summed E-state index contributed by atoms with van der Waals surface area (Å²) in [5.74, 6) is 2.82. The second-order valence-corrected chi connectivity index (χ2v) is 8.63. The number of hydrogen-bond acceptors (Lipinski definition) is 7. The molecule has 1 amide bonds. The predicted molar refractivity (Wildman–Crippen MR) is 137 cm³/mol. The molecule has 190 valence electrons. The van der Waals surface area contributed by atoms with Crippen LogP contribution in [0.1, 0.15) is 28.4 Å². The molecule has 4 rings (SSSR count). The number of benzene rings is 2. The molecule has 2 aromatic carbocycles. The molecule has 8 heteroatoms. The molecule has 0 bridgehead atoms. The van der Waals surface area contributed by atoms with Gasteiger partial charge in [0.05, 0.1) is 47.2 Å². The molecule has 1 aliphatic rings. The van der Waals surface area contributed by atoms with Gasteiger partial charge in [-0.1, -0.05) is 12.1 Å². The molecule has 36 heavy (non-hydrogen) atoms. The average Bonchev–Trinajstić information content (AvgIpc) is 2.92. The Bertz CT molecular complexity index is 1170. The molecule has 1 atom stereocenters. The Hall–Kier alpha value is -3.78. The molecule has 1 aromatic heterocycles. The molecule has 8 nitrogen and oxygen atoms in total. The molecule has 0 saturated carbocycles. The molecule has 2 heterocycles. The van der Waals surface area contributed by atoms with Gasteiger partial charge in [0.1, 0.15) is 11.5 Å². The summed E-state index contributed by atoms with van der Waals surface area (Å²) in [5, 5.41) is 3.00. The van der Waals surface area contributed by atoms with Gasteiger partial charge in [0.25, 0.3) is 0 Å². The lowest BCUT2D eigenvalue weighted by Crippen LogP contribution is -2.43. The third-order valence-electron chi connectivity index (χ3n) is 6.52. The number of carbonyl (C=O) groups is 1. The van der Waals surface area contributed by atoms with Crippen molar-refractivity contribution in [1.29, 1.82) is 0 Å². The van der Waals surface area contributed by atoms with E-state index in [0.717, 1.165) is 41.3 Å². The maximum atomic E-state index is 13.0. The Labute approximate surface area is 212 Å². The summed E-state index contributed by atoms with van der Waals surface area (Å²) < 4.78 is 22.2. The minimum atomic E-state index is -0.0756. The monoisotopic (exact) mass is 491 g/mol. The van der Waals surface area contributed by atoms with E-state index < -0.39 is 0 Å². The third kappa shape index (κ3) is 5.71. The van der Waals surface area contributed by atoms with Gasteiger partial charge in [0.15, 0.2) is 11.5 Å². The van der Waals surface area contributed by atoms with Crippen LogP contribution < -0.4 is 24.3 Å². The largest absolute Gasteiger partial charge is 0.497 e. The number of aromatic nitrogens is 1. The van der Waals surface area contributed by atoms with Gasteiger partial charge in [-0.05, 0) is 54.3 Å². The highest BCUT2D eigenvalue weighted by molar-refractivity contribution is 5.78. The van der Waals surface area contributed by atoms with Gasteiger partial charge >= 0.3 is 0 Å². The molecule has 0 saturated heterocycles. The Morgan fingerprint density at radius 2 is 1.78 bits per heavy atom. The van der Waals surface area contributed by atoms with E-state index in [1.807, 2.05) is 42.5 Å². The number of methoxy groups -OCH3 is 4. The Morgan fingerprint density at radius 3 is 2.47 bits per heavy atom. The molecule has 1 unspecified atom stereocenters. The lowest BCUT2D eigenvalue weighted by atomic mass is 9.87. The molecule has 1 aliphatic heterocycles. The zero-order valence-electron chi connectivity index (χ0n) is 21.2. The van der Waals surface area contributed by atoms with Crippen molar-refractivity contribution >= 4 is 5.91 Å². The quantitative estimate of drug-likeness (QED) is 0.464. The van der Waals surface area contributed by atoms with Crippen molar-refractivity contribution in [3.05, 3.63) is 77.1 Å². The first-order valence-electron chi connectivity index (χ1n) is 11.9. The van der Waals surface area contributed by atoms with Gasteiger partial charge in [0, 0.05) is 30.4 Å². The maximum Gasteiger partial charge on any atom is 0.234 e. The van der Waals surface area contributed by atoms with Crippen molar-refractivity contribution < 1.29 is 23.7 Å². The van der Waals surface area contributed by atoms with Crippen LogP contribution in [0.4, 0.5) is 0 Å². The first-order chi connectivity index (χ1) is 17.6. The molecule has 0 fully saturated rings. The van der Waals surface area contributed by atoms with Gasteiger partial charge in [-0.2, -0.15) is 0 Å². The maximum absolute atomic E-state index is 13.0. The van der Waals surface area contributed by atoms with Crippen molar-refractivity contribution in [1.82, 2.24) is 15.2 Å². The summed E-state index contributed by atoms with van der Waals surface area (Å²) in [6, 6.07) is 15.5. The first kappa shape index (κ1) is 25.3. The van der Waals surface area contributed by atoms with Crippen LogP contribution in [0.3, 0.4) is 0 Å². The SMILES string of the molecule is COc1cc2c(c(OC)c1)C(Cc1ccc(OC)c(OC)c1)N(CC(=O)NCc1ccccn1)CC2. The molecule has 0 spiro atoms. The van der Waals surface area contributed by atoms with Gasteiger partial charge in [-0.15, -0.1) is 0 Å². The van der Waals surface area contributed by atoms with Gasteiger partial charge in [-0.25, -0.2) is 0 Å². The van der Waals surface area contributed by atoms with E-state index in [-0.39, 0.29) is 18.5 Å². The molecular weight excluding hydrogens is 458 g/mol. The van der Waals surface area contributed by atoms with Crippen LogP contribution in [-0.2, 0) is 24.2 Å². The number of amides is 1. The van der Waals surface area contributed by atoms with E-state index >= 15 is 0 Å². The fraction of sp³-hybridized carbons (Fsp3) is 0.357. The van der Waals surface area contributed by atoms with Crippen molar-refractivity contribution in [2.24, 2.45) is 0 Å². The van der Waals surface area contributed by atoms with Crippen molar-refractivity contribution in [3.63, 3.8) is 0 Å². The normalized spacial score (nSPS) is 15.1. The summed E-state index contributed by atoms with van der Waals surface area (Å²) in [6.45, 7) is 1.39. The van der Waals surface area contributed by atoms with E-state index in [9.17, 15) is 4.79 Å². The summed E-state index contributed by atoms with van der Waals surface area (Å²) in [5.41, 5.74) is 4.14. The second-order valence-electron chi connectivity index (χ2n) is 8.63. The Morgan fingerprint density at radius 1 is 0.972 bits per heavy atom. The highest BCUT2D eigenvalue weighted by Crippen LogP contribution is 2.41. The van der Waals surface area contributed by atoms with Gasteiger partial charge in [-0.3, -0.25) is 14.7 Å². The zero-order chi connectivity index (χ0) is 25.5. The summed E-state index contributed by atoms with van der Waals surface area (Å²) in [7, 11) is 6.58. The first-order valence-corrected chi connectivity index (χ1v) is 11.9. The Balaban J connectivity index is 1.62. The molecule has 0 radical (unpaired) electrons. The fourth-order valence-electron chi connectivity index (χ4n) is 4.71. The van der Waals surface area contributed by atoms with Crippen LogP contribution in [0.25, 0.3) is 0 Å². The minimum absolute atomic E-state index is 0.0473. The zero-order valence-corrected chi connectivity index (χ0v) is 21.2. The highest BCUT2D eigenvalue weighted by Gasteiger charge is 2.32. The van der Waals surface area contributed by atoms with Crippen LogP contribution in [0.2, 0.25) is 0 Å². The molecule has 1 N–H and O–H groups in total. The van der Waals surface area contributed by atoms with Gasteiger partial charge < -0.3 is 24.3 Å². The molecular formula is C28H33N3O5. The standard InChI is InChI=1S/C28H33N3O5/c1-33-22-15-20-10-12-31(18-27(32)30-17-21-7-5-6-11-29-21)23(28(20)26(16-22)36-4)13-19-8-9-24(34-2)25(14-19)35-3/h5-9,11,14-16,23H,10,12-13,17-18H2,1-4H3,(H,30,32). The van der Waals surface area contributed by atoms with E-state index in [0.29, 0.717) is 24.5 Å². The summed E-state index contributed by atoms with van der Waals surface area (Å²) in [4.78, 5) is 19.5. The van der Waals surface area contributed by atoms with Crippen molar-refractivity contribution in [2.45, 2.75) is 25.4 Å². The number of carbonyl (C=O) groups excluding carboxylic acids is 1. The van der Waals surface area contributed by atoms with Crippen molar-refractivity contribution in [2.75, 3.05) is 41.5 Å². The van der Waals surface area contributed by atoms with Crippen LogP contribution >= 0.6 is 0 Å². The number of rotatable bonds is 10. The number of ether oxygens (including phenoxy) is 4. The topological polar surface area (TPSA) is 82.2 Å². The van der Waals surface area contributed by atoms with E-state index in [2.05, 4.69) is 21.3 Å². The number of pyridine rings is 1. The smallest absolute Gasteiger partial charge is 0.234 e. The highest BCUT2D eigenvalue weighted by atomic mass is 16.5. The minimum Gasteiger partial charge on any atom is -0.497 e. The number of nitrogens with zero attached hydrogens (tertiary/aromatic N) is 2. The predicted octanol–water partition coefficient (Wildman–Crippen LogP) is 3.57. The molecule has 0 aliphatic carbocycles. The fourth-order valence-corrected chi connectivity index (χ4v) is 4.71. The molecule has 3 aromatic rings. The number of hydrogen-bond donors (Lipinski definition) is 1. The lowest BCUT2D eigenvalue weighted by Gasteiger charge is -2.38. The van der Waals surface area contributed by atoms with E-state index in [1.54, 1.807) is 34.6 Å². The van der Waals surface area contributed by atoms with Gasteiger partial charge in [0.2, 0.25) is 5.91 Å². The van der Waals surface area contributed by atoms with Crippen LogP contribution in [-0.4, -0.2) is 57.3 Å². The van der Waals surface area contributed by atoms with Crippen LogP contribution in [0.15, 0.2) is 54.7 Å². The lowest BCUT2D eigenvalue weighted by molar-refractivity contribution is -0.123. The van der Waals surface area contributed by atoms with E-state index in [1.165, 1.54) is 5.56 Å². The number of nitrogens with one attached hydrogen (secondary N) is 1. The second kappa shape index (κ2) is 11.8. The third-order valence-corrected chi connectivity index (χ3v) is 6.52.